The molecule has 0 amide bonds. The lowest BCUT2D eigenvalue weighted by molar-refractivity contribution is 0.0746. The predicted molar refractivity (Wildman–Crippen MR) is 115 cm³/mol. The Morgan fingerprint density at radius 2 is 2.03 bits per heavy atom. The zero-order valence-corrected chi connectivity index (χ0v) is 17.0. The first-order chi connectivity index (χ1) is 14.2. The topological polar surface area (TPSA) is 73.5 Å². The molecule has 6 nitrogen and oxygen atoms in total. The number of piperidine rings is 1. The Hall–Kier alpha value is -2.75. The summed E-state index contributed by atoms with van der Waals surface area (Å²) in [5.74, 6) is 1.43. The monoisotopic (exact) mass is 386 g/mol. The Bertz CT molecular complexity index is 1050. The van der Waals surface area contributed by atoms with E-state index in [0.717, 1.165) is 43.0 Å². The average Bonchev–Trinajstić information content (AvgIpc) is 3.34. The molecule has 1 aromatic carbocycles. The van der Waals surface area contributed by atoms with Gasteiger partial charge in [-0.1, -0.05) is 42.7 Å². The maximum absolute atomic E-state index is 9.93. The molecule has 7 heteroatoms. The summed E-state index contributed by atoms with van der Waals surface area (Å²) in [6.07, 6.45) is 11.7. The van der Waals surface area contributed by atoms with Crippen molar-refractivity contribution < 1.29 is 0 Å². The first kappa shape index (κ1) is 18.3. The molecule has 5 rings (SSSR count). The van der Waals surface area contributed by atoms with Gasteiger partial charge in [-0.2, -0.15) is 5.26 Å². The number of aromatic amines is 1. The standard InChI is InChI=1S/C22H27BN6/c23-21-13-29(27-26-21)10-9-18-17-7-3-4-8-19(17)25-22(18)20-11-15-5-1-2-6-16(15)12-28(20)14-24/h3-4,7-8,13,15-16,20,25H,1-2,5-6,9-12,23H2. The van der Waals surface area contributed by atoms with Crippen LogP contribution in [0.1, 0.15) is 49.4 Å². The van der Waals surface area contributed by atoms with Crippen molar-refractivity contribution >= 4 is 24.3 Å². The zero-order valence-electron chi connectivity index (χ0n) is 17.0. The molecule has 2 aromatic heterocycles. The first-order valence-electron chi connectivity index (χ1n) is 10.9. The minimum atomic E-state index is 0.152. The van der Waals surface area contributed by atoms with E-state index in [1.165, 1.54) is 42.3 Å². The third-order valence-corrected chi connectivity index (χ3v) is 6.95. The smallest absolute Gasteiger partial charge is 0.179 e. The Balaban J connectivity index is 1.50. The largest absolute Gasteiger partial charge is 0.356 e. The molecular formula is C22H27BN6. The summed E-state index contributed by atoms with van der Waals surface area (Å²) < 4.78 is 1.92. The van der Waals surface area contributed by atoms with E-state index in [9.17, 15) is 5.26 Å². The third-order valence-electron chi connectivity index (χ3n) is 6.95. The van der Waals surface area contributed by atoms with Gasteiger partial charge in [-0.25, -0.2) is 0 Å². The van der Waals surface area contributed by atoms with Crippen LogP contribution in [0.5, 0.6) is 0 Å². The van der Waals surface area contributed by atoms with E-state index < -0.39 is 0 Å². The number of aromatic nitrogens is 4. The van der Waals surface area contributed by atoms with Crippen LogP contribution in [0.3, 0.4) is 0 Å². The van der Waals surface area contributed by atoms with Crippen molar-refractivity contribution in [2.45, 2.75) is 51.1 Å². The van der Waals surface area contributed by atoms with Crippen molar-refractivity contribution in [1.29, 1.82) is 5.26 Å². The molecule has 3 aromatic rings. The number of likely N-dealkylation sites (tertiary alicyclic amines) is 1. The summed E-state index contributed by atoms with van der Waals surface area (Å²) in [6, 6.07) is 8.67. The number of benzene rings is 1. The molecule has 3 atom stereocenters. The lowest BCUT2D eigenvalue weighted by atomic mass is 9.72. The molecule has 1 aliphatic heterocycles. The van der Waals surface area contributed by atoms with Crippen LogP contribution in [0.25, 0.3) is 10.9 Å². The van der Waals surface area contributed by atoms with Gasteiger partial charge in [0.15, 0.2) is 14.0 Å². The molecule has 3 unspecified atom stereocenters. The predicted octanol–water partition coefficient (Wildman–Crippen LogP) is 2.29. The Labute approximate surface area is 172 Å². The van der Waals surface area contributed by atoms with Gasteiger partial charge in [0.25, 0.3) is 0 Å². The van der Waals surface area contributed by atoms with E-state index in [1.807, 2.05) is 23.6 Å². The summed E-state index contributed by atoms with van der Waals surface area (Å²) in [7, 11) is 1.97. The van der Waals surface area contributed by atoms with Crippen molar-refractivity contribution in [2.24, 2.45) is 11.8 Å². The fraction of sp³-hybridized carbons (Fsp3) is 0.500. The van der Waals surface area contributed by atoms with E-state index in [-0.39, 0.29) is 6.04 Å². The molecule has 1 saturated heterocycles. The number of nitrogens with one attached hydrogen (secondary N) is 1. The molecule has 1 aliphatic carbocycles. The first-order valence-corrected chi connectivity index (χ1v) is 10.9. The fourth-order valence-electron chi connectivity index (χ4n) is 5.52. The maximum Gasteiger partial charge on any atom is 0.179 e. The van der Waals surface area contributed by atoms with Crippen LogP contribution < -0.4 is 5.59 Å². The fourth-order valence-corrected chi connectivity index (χ4v) is 5.52. The lowest BCUT2D eigenvalue weighted by Gasteiger charge is -2.44. The molecule has 29 heavy (non-hydrogen) atoms. The Morgan fingerprint density at radius 3 is 2.83 bits per heavy atom. The van der Waals surface area contributed by atoms with Gasteiger partial charge >= 0.3 is 0 Å². The summed E-state index contributed by atoms with van der Waals surface area (Å²) in [5.41, 5.74) is 4.66. The number of aryl methyl sites for hydroxylation is 2. The minimum Gasteiger partial charge on any atom is -0.356 e. The number of nitrogens with zero attached hydrogens (tertiary/aromatic N) is 5. The van der Waals surface area contributed by atoms with Crippen LogP contribution in [-0.2, 0) is 13.0 Å². The van der Waals surface area contributed by atoms with Gasteiger partial charge in [-0.3, -0.25) is 4.68 Å². The number of H-pyrrole nitrogens is 1. The summed E-state index contributed by atoms with van der Waals surface area (Å²) in [4.78, 5) is 5.74. The van der Waals surface area contributed by atoms with Gasteiger partial charge in [0.2, 0.25) is 0 Å². The summed E-state index contributed by atoms with van der Waals surface area (Å²) in [6.45, 7) is 1.70. The van der Waals surface area contributed by atoms with Crippen LogP contribution in [-0.4, -0.2) is 39.3 Å². The maximum atomic E-state index is 9.93. The SMILES string of the molecule is Bc1cn(CCc2c(C3CC4CCCCC4CN3C#N)[nH]c3ccccc23)nn1. The molecule has 0 spiro atoms. The summed E-state index contributed by atoms with van der Waals surface area (Å²) >= 11 is 0. The highest BCUT2D eigenvalue weighted by Gasteiger charge is 2.38. The van der Waals surface area contributed by atoms with Gasteiger partial charge in [0.05, 0.1) is 6.04 Å². The van der Waals surface area contributed by atoms with Crippen LogP contribution >= 0.6 is 0 Å². The number of para-hydroxylation sites is 1. The van der Waals surface area contributed by atoms with E-state index in [2.05, 4.69) is 45.8 Å². The van der Waals surface area contributed by atoms with Gasteiger partial charge in [-0.15, -0.1) is 5.10 Å². The number of fused-ring (bicyclic) bond motifs is 2. The highest BCUT2D eigenvalue weighted by molar-refractivity contribution is 6.30. The van der Waals surface area contributed by atoms with E-state index in [4.69, 9.17) is 0 Å². The van der Waals surface area contributed by atoms with Gasteiger partial charge < -0.3 is 9.88 Å². The van der Waals surface area contributed by atoms with E-state index in [1.54, 1.807) is 0 Å². The van der Waals surface area contributed by atoms with Crippen molar-refractivity contribution in [3.8, 4) is 6.19 Å². The zero-order chi connectivity index (χ0) is 19.8. The normalized spacial score (nSPS) is 24.4. The molecule has 3 heterocycles. The van der Waals surface area contributed by atoms with Gasteiger partial charge in [0.1, 0.15) is 0 Å². The number of nitriles is 1. The number of rotatable bonds is 4. The Morgan fingerprint density at radius 1 is 1.21 bits per heavy atom. The molecule has 0 bridgehead atoms. The van der Waals surface area contributed by atoms with Crippen LogP contribution in [0, 0.1) is 23.3 Å². The van der Waals surface area contributed by atoms with Gasteiger partial charge in [0, 0.05) is 41.5 Å². The molecule has 0 radical (unpaired) electrons. The van der Waals surface area contributed by atoms with Crippen LogP contribution in [0.4, 0.5) is 0 Å². The van der Waals surface area contributed by atoms with Crippen molar-refractivity contribution in [1.82, 2.24) is 24.9 Å². The van der Waals surface area contributed by atoms with Crippen LogP contribution in [0.2, 0.25) is 0 Å². The van der Waals surface area contributed by atoms with Crippen molar-refractivity contribution in [2.75, 3.05) is 6.54 Å². The van der Waals surface area contributed by atoms with E-state index in [0.29, 0.717) is 5.92 Å². The molecule has 1 saturated carbocycles. The number of hydrogen-bond donors (Lipinski definition) is 1. The molecule has 148 valence electrons. The van der Waals surface area contributed by atoms with E-state index >= 15 is 0 Å². The Kier molecular flexibility index (Phi) is 4.79. The van der Waals surface area contributed by atoms with Crippen molar-refractivity contribution in [3.05, 3.63) is 41.7 Å². The molecular weight excluding hydrogens is 359 g/mol. The molecule has 1 N–H and O–H groups in total. The second-order valence-corrected chi connectivity index (χ2v) is 8.74. The summed E-state index contributed by atoms with van der Waals surface area (Å²) in [5, 5.41) is 19.5. The quantitative estimate of drug-likeness (QED) is 0.552. The molecule has 2 aliphatic rings. The molecule has 2 fully saturated rings. The second kappa shape index (κ2) is 7.59. The average molecular weight is 386 g/mol. The highest BCUT2D eigenvalue weighted by Crippen LogP contribution is 2.44. The van der Waals surface area contributed by atoms with Crippen LogP contribution in [0.15, 0.2) is 30.5 Å². The third kappa shape index (κ3) is 3.41. The lowest BCUT2D eigenvalue weighted by Crippen LogP contribution is -2.41. The number of hydrogen-bond acceptors (Lipinski definition) is 4. The second-order valence-electron chi connectivity index (χ2n) is 8.74. The highest BCUT2D eigenvalue weighted by atomic mass is 15.4. The van der Waals surface area contributed by atoms with Gasteiger partial charge in [-0.05, 0) is 42.7 Å². The van der Waals surface area contributed by atoms with Crippen molar-refractivity contribution in [3.63, 3.8) is 0 Å². The minimum absolute atomic E-state index is 0.152.